The Morgan fingerprint density at radius 1 is 1.12 bits per heavy atom. The Kier molecular flexibility index (Phi) is 5.88. The van der Waals surface area contributed by atoms with Gasteiger partial charge in [-0.15, -0.1) is 11.3 Å². The third kappa shape index (κ3) is 5.08. The molecule has 0 aliphatic carbocycles. The number of carbonyl (C=O) groups is 2. The fraction of sp³-hybridized carbons (Fsp3) is 0.118. The molecule has 3 aromatic rings. The van der Waals surface area contributed by atoms with Gasteiger partial charge in [-0.05, 0) is 23.8 Å². The molecule has 2 N–H and O–H groups in total. The van der Waals surface area contributed by atoms with Crippen LogP contribution in [0.25, 0.3) is 0 Å². The quantitative estimate of drug-likeness (QED) is 0.677. The lowest BCUT2D eigenvalue weighted by atomic mass is 10.2. The summed E-state index contributed by atoms with van der Waals surface area (Å²) in [6, 6.07) is 8.88. The van der Waals surface area contributed by atoms with Crippen LogP contribution in [0.1, 0.15) is 21.9 Å². The molecule has 3 rings (SSSR count). The SMILES string of the molecule is O=C(Cc1csc(NC(=O)c2ncccn2)n1)NCc1ccc(Cl)cc1. The maximum absolute atomic E-state index is 12.0. The number of benzene rings is 1. The van der Waals surface area contributed by atoms with Gasteiger partial charge in [0.15, 0.2) is 5.13 Å². The number of thiazole rings is 1. The van der Waals surface area contributed by atoms with Gasteiger partial charge < -0.3 is 5.32 Å². The summed E-state index contributed by atoms with van der Waals surface area (Å²) >= 11 is 7.06. The summed E-state index contributed by atoms with van der Waals surface area (Å²) < 4.78 is 0. The molecule has 0 unspecified atom stereocenters. The average molecular weight is 388 g/mol. The van der Waals surface area contributed by atoms with E-state index in [1.165, 1.54) is 23.7 Å². The van der Waals surface area contributed by atoms with Gasteiger partial charge in [-0.1, -0.05) is 23.7 Å². The number of aromatic nitrogens is 3. The van der Waals surface area contributed by atoms with Crippen LogP contribution in [0.15, 0.2) is 48.1 Å². The number of nitrogens with one attached hydrogen (secondary N) is 2. The van der Waals surface area contributed by atoms with Crippen molar-refractivity contribution in [2.24, 2.45) is 0 Å². The molecule has 2 heterocycles. The molecule has 0 aliphatic heterocycles. The smallest absolute Gasteiger partial charge is 0.295 e. The Labute approximate surface area is 158 Å². The highest BCUT2D eigenvalue weighted by molar-refractivity contribution is 7.14. The molecule has 7 nitrogen and oxygen atoms in total. The van der Waals surface area contributed by atoms with Gasteiger partial charge in [0, 0.05) is 29.3 Å². The molecule has 0 saturated carbocycles. The van der Waals surface area contributed by atoms with Gasteiger partial charge in [0.25, 0.3) is 5.91 Å². The van der Waals surface area contributed by atoms with Crippen molar-refractivity contribution in [3.63, 3.8) is 0 Å². The Bertz CT molecular complexity index is 899. The molecule has 0 aliphatic rings. The summed E-state index contributed by atoms with van der Waals surface area (Å²) in [7, 11) is 0. The Balaban J connectivity index is 1.50. The monoisotopic (exact) mass is 387 g/mol. The zero-order chi connectivity index (χ0) is 18.4. The first-order valence-electron chi connectivity index (χ1n) is 7.64. The van der Waals surface area contributed by atoms with E-state index < -0.39 is 5.91 Å². The van der Waals surface area contributed by atoms with Crippen LogP contribution in [0.4, 0.5) is 5.13 Å². The molecular weight excluding hydrogens is 374 g/mol. The summed E-state index contributed by atoms with van der Waals surface area (Å²) in [4.78, 5) is 36.0. The van der Waals surface area contributed by atoms with E-state index in [4.69, 9.17) is 11.6 Å². The van der Waals surface area contributed by atoms with E-state index in [0.29, 0.717) is 22.4 Å². The van der Waals surface area contributed by atoms with Gasteiger partial charge in [-0.2, -0.15) is 0 Å². The molecule has 0 saturated heterocycles. The predicted octanol–water partition coefficient (Wildman–Crippen LogP) is 2.70. The lowest BCUT2D eigenvalue weighted by molar-refractivity contribution is -0.120. The third-order valence-electron chi connectivity index (χ3n) is 3.29. The zero-order valence-electron chi connectivity index (χ0n) is 13.5. The number of anilines is 1. The molecule has 2 amide bonds. The van der Waals surface area contributed by atoms with Crippen molar-refractivity contribution >= 4 is 39.9 Å². The van der Waals surface area contributed by atoms with Crippen LogP contribution in [0.5, 0.6) is 0 Å². The van der Waals surface area contributed by atoms with E-state index in [2.05, 4.69) is 25.6 Å². The number of amides is 2. The minimum absolute atomic E-state index is 0.0601. The van der Waals surface area contributed by atoms with Crippen LogP contribution < -0.4 is 10.6 Å². The van der Waals surface area contributed by atoms with Gasteiger partial charge in [-0.25, -0.2) is 15.0 Å². The molecule has 0 fully saturated rings. The largest absolute Gasteiger partial charge is 0.352 e. The highest BCUT2D eigenvalue weighted by Gasteiger charge is 2.12. The summed E-state index contributed by atoms with van der Waals surface area (Å²) in [6.45, 7) is 0.412. The van der Waals surface area contributed by atoms with Crippen molar-refractivity contribution in [1.29, 1.82) is 0 Å². The van der Waals surface area contributed by atoms with Crippen LogP contribution >= 0.6 is 22.9 Å². The highest BCUT2D eigenvalue weighted by Crippen LogP contribution is 2.16. The first-order valence-corrected chi connectivity index (χ1v) is 8.90. The molecular formula is C17H14ClN5O2S. The van der Waals surface area contributed by atoms with Gasteiger partial charge in [0.1, 0.15) is 0 Å². The molecule has 0 spiro atoms. The fourth-order valence-electron chi connectivity index (χ4n) is 2.04. The molecule has 0 atom stereocenters. The third-order valence-corrected chi connectivity index (χ3v) is 4.34. The maximum Gasteiger partial charge on any atom is 0.295 e. The minimum Gasteiger partial charge on any atom is -0.352 e. The first-order chi connectivity index (χ1) is 12.6. The second kappa shape index (κ2) is 8.50. The fourth-order valence-corrected chi connectivity index (χ4v) is 2.88. The second-order valence-corrected chi connectivity index (χ2v) is 6.55. The summed E-state index contributed by atoms with van der Waals surface area (Å²) in [6.07, 6.45) is 3.10. The van der Waals surface area contributed by atoms with Gasteiger partial charge in [-0.3, -0.25) is 14.9 Å². The average Bonchev–Trinajstić information content (AvgIpc) is 3.08. The van der Waals surface area contributed by atoms with Crippen molar-refractivity contribution in [2.45, 2.75) is 13.0 Å². The predicted molar refractivity (Wildman–Crippen MR) is 99.1 cm³/mol. The van der Waals surface area contributed by atoms with Crippen molar-refractivity contribution in [3.8, 4) is 0 Å². The summed E-state index contributed by atoms with van der Waals surface area (Å²) in [5.74, 6) is -0.543. The van der Waals surface area contributed by atoms with Crippen molar-refractivity contribution in [3.05, 3.63) is 70.2 Å². The van der Waals surface area contributed by atoms with E-state index in [1.54, 1.807) is 23.6 Å². The van der Waals surface area contributed by atoms with Gasteiger partial charge >= 0.3 is 0 Å². The van der Waals surface area contributed by atoms with Crippen molar-refractivity contribution in [2.75, 3.05) is 5.32 Å². The first kappa shape index (κ1) is 18.0. The number of rotatable bonds is 6. The highest BCUT2D eigenvalue weighted by atomic mass is 35.5. The number of halogens is 1. The van der Waals surface area contributed by atoms with E-state index >= 15 is 0 Å². The Morgan fingerprint density at radius 2 is 1.85 bits per heavy atom. The number of nitrogens with zero attached hydrogens (tertiary/aromatic N) is 3. The lowest BCUT2D eigenvalue weighted by Crippen LogP contribution is -2.24. The van der Waals surface area contributed by atoms with Crippen LogP contribution in [0.2, 0.25) is 5.02 Å². The van der Waals surface area contributed by atoms with E-state index in [9.17, 15) is 9.59 Å². The molecule has 1 aromatic carbocycles. The molecule has 26 heavy (non-hydrogen) atoms. The maximum atomic E-state index is 12.0. The van der Waals surface area contributed by atoms with Crippen LogP contribution in [0.3, 0.4) is 0 Å². The van der Waals surface area contributed by atoms with Crippen LogP contribution in [-0.2, 0) is 17.8 Å². The zero-order valence-corrected chi connectivity index (χ0v) is 15.0. The van der Waals surface area contributed by atoms with Crippen molar-refractivity contribution in [1.82, 2.24) is 20.3 Å². The topological polar surface area (TPSA) is 96.9 Å². The van der Waals surface area contributed by atoms with Crippen LogP contribution in [-0.4, -0.2) is 26.8 Å². The van der Waals surface area contributed by atoms with Crippen LogP contribution in [0, 0.1) is 0 Å². The standard InChI is InChI=1S/C17H14ClN5O2S/c18-12-4-2-11(3-5-12)9-21-14(24)8-13-10-26-17(22-13)23-16(25)15-19-6-1-7-20-15/h1-7,10H,8-9H2,(H,21,24)(H,22,23,25). The molecule has 2 aromatic heterocycles. The lowest BCUT2D eigenvalue weighted by Gasteiger charge is -2.04. The summed E-state index contributed by atoms with van der Waals surface area (Å²) in [5, 5.41) is 8.20. The number of hydrogen-bond acceptors (Lipinski definition) is 6. The van der Waals surface area contributed by atoms with E-state index in [0.717, 1.165) is 5.56 Å². The summed E-state index contributed by atoms with van der Waals surface area (Å²) in [5.41, 5.74) is 1.53. The van der Waals surface area contributed by atoms with E-state index in [1.807, 2.05) is 12.1 Å². The minimum atomic E-state index is -0.446. The van der Waals surface area contributed by atoms with Gasteiger partial charge in [0.2, 0.25) is 11.7 Å². The number of hydrogen-bond donors (Lipinski definition) is 2. The molecule has 9 heteroatoms. The van der Waals surface area contributed by atoms with Gasteiger partial charge in [0.05, 0.1) is 12.1 Å². The Morgan fingerprint density at radius 3 is 2.58 bits per heavy atom. The molecule has 0 bridgehead atoms. The normalized spacial score (nSPS) is 10.3. The molecule has 132 valence electrons. The van der Waals surface area contributed by atoms with Crippen molar-refractivity contribution < 1.29 is 9.59 Å². The Hall–Kier alpha value is -2.84. The molecule has 0 radical (unpaired) electrons. The number of carbonyl (C=O) groups excluding carboxylic acids is 2. The second-order valence-electron chi connectivity index (χ2n) is 5.25. The van der Waals surface area contributed by atoms with E-state index in [-0.39, 0.29) is 18.2 Å².